The van der Waals surface area contributed by atoms with Crippen LogP contribution in [0.25, 0.3) is 0 Å². The van der Waals surface area contributed by atoms with E-state index in [1.54, 1.807) is 11.3 Å². The fraction of sp³-hybridized carbons (Fsp3) is 0.267. The maximum atomic E-state index is 12.8. The van der Waals surface area contributed by atoms with Gasteiger partial charge in [0, 0.05) is 16.5 Å². The van der Waals surface area contributed by atoms with Crippen molar-refractivity contribution in [3.63, 3.8) is 0 Å². The molecule has 1 unspecified atom stereocenters. The lowest BCUT2D eigenvalue weighted by atomic mass is 10.1. The molecule has 0 fully saturated rings. The van der Waals surface area contributed by atoms with E-state index in [4.69, 9.17) is 0 Å². The summed E-state index contributed by atoms with van der Waals surface area (Å²) in [4.78, 5) is 15.3. The molecule has 4 heteroatoms. The van der Waals surface area contributed by atoms with Crippen LogP contribution in [0.2, 0.25) is 0 Å². The minimum Gasteiger partial charge on any atom is -0.293 e. The van der Waals surface area contributed by atoms with Crippen LogP contribution in [0.5, 0.6) is 0 Å². The van der Waals surface area contributed by atoms with Crippen molar-refractivity contribution in [2.75, 3.05) is 13.6 Å². The predicted octanol–water partition coefficient (Wildman–Crippen LogP) is 3.76. The number of ketones is 1. The second kappa shape index (κ2) is 6.08. The second-order valence-electron chi connectivity index (χ2n) is 4.54. The van der Waals surface area contributed by atoms with Gasteiger partial charge in [-0.25, -0.2) is 4.39 Å². The molecule has 1 atom stereocenters. The Kier molecular flexibility index (Phi) is 4.45. The number of benzene rings is 1. The first-order valence-electron chi connectivity index (χ1n) is 6.10. The minimum atomic E-state index is -0.322. The maximum Gasteiger partial charge on any atom is 0.176 e. The van der Waals surface area contributed by atoms with Gasteiger partial charge in [-0.2, -0.15) is 0 Å². The van der Waals surface area contributed by atoms with E-state index in [-0.39, 0.29) is 17.6 Å². The zero-order chi connectivity index (χ0) is 13.8. The maximum absolute atomic E-state index is 12.8. The third kappa shape index (κ3) is 3.49. The van der Waals surface area contributed by atoms with Crippen LogP contribution in [0.4, 0.5) is 4.39 Å². The number of halogens is 1. The predicted molar refractivity (Wildman–Crippen MR) is 76.1 cm³/mol. The summed E-state index contributed by atoms with van der Waals surface area (Å²) in [7, 11) is 1.92. The Labute approximate surface area is 116 Å². The van der Waals surface area contributed by atoms with Gasteiger partial charge in [0.15, 0.2) is 5.78 Å². The monoisotopic (exact) mass is 277 g/mol. The van der Waals surface area contributed by atoms with Crippen LogP contribution < -0.4 is 0 Å². The second-order valence-corrected chi connectivity index (χ2v) is 5.52. The topological polar surface area (TPSA) is 20.3 Å². The largest absolute Gasteiger partial charge is 0.293 e. The highest BCUT2D eigenvalue weighted by atomic mass is 32.1. The molecular formula is C15H16FNOS. The summed E-state index contributed by atoms with van der Waals surface area (Å²) in [6, 6.07) is 9.96. The highest BCUT2D eigenvalue weighted by molar-refractivity contribution is 7.10. The molecule has 2 aromatic rings. The Bertz CT molecular complexity index is 536. The summed E-state index contributed by atoms with van der Waals surface area (Å²) in [6.07, 6.45) is 0. The van der Waals surface area contributed by atoms with Crippen LogP contribution in [0.3, 0.4) is 0 Å². The summed E-state index contributed by atoms with van der Waals surface area (Å²) in [5, 5.41) is 2.03. The molecule has 1 aromatic carbocycles. The average Bonchev–Trinajstić information content (AvgIpc) is 2.92. The normalized spacial score (nSPS) is 12.6. The van der Waals surface area contributed by atoms with Crippen LogP contribution in [0.1, 0.15) is 28.2 Å². The van der Waals surface area contributed by atoms with Crippen molar-refractivity contribution in [2.24, 2.45) is 0 Å². The van der Waals surface area contributed by atoms with Gasteiger partial charge in [-0.3, -0.25) is 9.69 Å². The third-order valence-electron chi connectivity index (χ3n) is 3.18. The third-order valence-corrected chi connectivity index (χ3v) is 4.22. The molecule has 0 aliphatic heterocycles. The van der Waals surface area contributed by atoms with Crippen LogP contribution in [0.15, 0.2) is 41.8 Å². The molecule has 0 N–H and O–H groups in total. The van der Waals surface area contributed by atoms with Crippen molar-refractivity contribution in [1.82, 2.24) is 4.90 Å². The Morgan fingerprint density at radius 2 is 2.00 bits per heavy atom. The van der Waals surface area contributed by atoms with Gasteiger partial charge in [0.2, 0.25) is 0 Å². The van der Waals surface area contributed by atoms with Crippen molar-refractivity contribution >= 4 is 17.1 Å². The van der Waals surface area contributed by atoms with Crippen molar-refractivity contribution in [1.29, 1.82) is 0 Å². The van der Waals surface area contributed by atoms with E-state index in [0.717, 1.165) is 0 Å². The Hall–Kier alpha value is -1.52. The summed E-state index contributed by atoms with van der Waals surface area (Å²) in [5.74, 6) is -0.317. The van der Waals surface area contributed by atoms with Crippen LogP contribution >= 0.6 is 11.3 Å². The summed E-state index contributed by atoms with van der Waals surface area (Å²) in [5.41, 5.74) is 0.548. The Balaban J connectivity index is 2.00. The van der Waals surface area contributed by atoms with E-state index in [1.807, 2.05) is 23.4 Å². The fourth-order valence-corrected chi connectivity index (χ4v) is 2.69. The van der Waals surface area contributed by atoms with Gasteiger partial charge in [-0.05, 0) is 49.7 Å². The zero-order valence-corrected chi connectivity index (χ0v) is 11.8. The first-order chi connectivity index (χ1) is 9.08. The van der Waals surface area contributed by atoms with Gasteiger partial charge < -0.3 is 0 Å². The molecule has 0 bridgehead atoms. The number of rotatable bonds is 5. The van der Waals surface area contributed by atoms with E-state index >= 15 is 0 Å². The molecule has 100 valence electrons. The first kappa shape index (κ1) is 13.9. The Morgan fingerprint density at radius 1 is 1.32 bits per heavy atom. The fourth-order valence-electron chi connectivity index (χ4n) is 1.84. The molecule has 2 nitrogen and oxygen atoms in total. The quantitative estimate of drug-likeness (QED) is 0.776. The minimum absolute atomic E-state index is 0.00547. The molecule has 0 radical (unpaired) electrons. The number of hydrogen-bond acceptors (Lipinski definition) is 3. The van der Waals surface area contributed by atoms with Crippen LogP contribution in [-0.4, -0.2) is 24.3 Å². The van der Waals surface area contributed by atoms with Crippen LogP contribution in [0, 0.1) is 5.82 Å². The number of carbonyl (C=O) groups excluding carboxylic acids is 1. The number of likely N-dealkylation sites (N-methyl/N-ethyl adjacent to an activating group) is 1. The van der Waals surface area contributed by atoms with E-state index in [2.05, 4.69) is 13.0 Å². The Morgan fingerprint density at radius 3 is 2.58 bits per heavy atom. The smallest absolute Gasteiger partial charge is 0.176 e. The first-order valence-corrected chi connectivity index (χ1v) is 6.98. The molecule has 0 aliphatic carbocycles. The number of hydrogen-bond donors (Lipinski definition) is 0. The zero-order valence-electron chi connectivity index (χ0n) is 11.0. The molecule has 19 heavy (non-hydrogen) atoms. The number of nitrogens with zero attached hydrogens (tertiary/aromatic N) is 1. The van der Waals surface area contributed by atoms with Crippen LogP contribution in [-0.2, 0) is 0 Å². The lowest BCUT2D eigenvalue weighted by Crippen LogP contribution is -2.28. The summed E-state index contributed by atoms with van der Waals surface area (Å²) in [6.45, 7) is 2.40. The average molecular weight is 277 g/mol. The SMILES string of the molecule is CC(c1cccs1)N(C)CC(=O)c1ccc(F)cc1. The van der Waals surface area contributed by atoms with Crippen molar-refractivity contribution < 1.29 is 9.18 Å². The van der Waals surface area contributed by atoms with Crippen molar-refractivity contribution in [3.8, 4) is 0 Å². The van der Waals surface area contributed by atoms with E-state index in [1.165, 1.54) is 29.1 Å². The van der Waals surface area contributed by atoms with E-state index in [9.17, 15) is 9.18 Å². The van der Waals surface area contributed by atoms with Gasteiger partial charge in [-0.15, -0.1) is 11.3 Å². The number of thiophene rings is 1. The summed E-state index contributed by atoms with van der Waals surface area (Å²) < 4.78 is 12.8. The molecular weight excluding hydrogens is 261 g/mol. The lowest BCUT2D eigenvalue weighted by molar-refractivity contribution is 0.0925. The molecule has 0 aliphatic rings. The molecule has 1 heterocycles. The highest BCUT2D eigenvalue weighted by Gasteiger charge is 2.16. The lowest BCUT2D eigenvalue weighted by Gasteiger charge is -2.22. The summed E-state index contributed by atoms with van der Waals surface area (Å²) >= 11 is 1.68. The molecule has 0 saturated carbocycles. The van der Waals surface area contributed by atoms with Gasteiger partial charge in [0.05, 0.1) is 6.54 Å². The number of Topliss-reactive ketones (excluding diaryl/α,β-unsaturated/α-hetero) is 1. The van der Waals surface area contributed by atoms with Gasteiger partial charge >= 0.3 is 0 Å². The molecule has 1 aromatic heterocycles. The number of carbonyl (C=O) groups is 1. The van der Waals surface area contributed by atoms with Gasteiger partial charge in [-0.1, -0.05) is 6.07 Å². The van der Waals surface area contributed by atoms with Crippen molar-refractivity contribution in [3.05, 3.63) is 58.0 Å². The highest BCUT2D eigenvalue weighted by Crippen LogP contribution is 2.23. The molecule has 0 spiro atoms. The standard InChI is InChI=1S/C15H16FNOS/c1-11(15-4-3-9-19-15)17(2)10-14(18)12-5-7-13(16)8-6-12/h3-9,11H,10H2,1-2H3. The molecule has 2 rings (SSSR count). The molecule has 0 amide bonds. The van der Waals surface area contributed by atoms with E-state index < -0.39 is 0 Å². The van der Waals surface area contributed by atoms with Crippen molar-refractivity contribution in [2.45, 2.75) is 13.0 Å². The van der Waals surface area contributed by atoms with E-state index in [0.29, 0.717) is 12.1 Å². The molecule has 0 saturated heterocycles. The van der Waals surface area contributed by atoms with Gasteiger partial charge in [0.25, 0.3) is 0 Å². The van der Waals surface area contributed by atoms with Gasteiger partial charge in [0.1, 0.15) is 5.82 Å².